The van der Waals surface area contributed by atoms with Gasteiger partial charge in [0.25, 0.3) is 0 Å². The first-order valence-corrected chi connectivity index (χ1v) is 11.3. The minimum absolute atomic E-state index is 0.0951. The van der Waals surface area contributed by atoms with E-state index >= 15 is 0 Å². The summed E-state index contributed by atoms with van der Waals surface area (Å²) in [6, 6.07) is 19.7. The summed E-state index contributed by atoms with van der Waals surface area (Å²) < 4.78 is 31.8. The highest BCUT2D eigenvalue weighted by Gasteiger charge is 2.40. The molecule has 5 nitrogen and oxygen atoms in total. The summed E-state index contributed by atoms with van der Waals surface area (Å²) in [5.41, 5.74) is 1.32. The summed E-state index contributed by atoms with van der Waals surface area (Å²) >= 11 is 0. The number of nitrogens with zero attached hydrogens (tertiary/aromatic N) is 2. The molecule has 0 saturated heterocycles. The van der Waals surface area contributed by atoms with E-state index in [4.69, 9.17) is 4.74 Å². The standard InChI is InChI=1S/C22H26N2O3S/c1-27-21-10-6-9-19(15-21)22(17-23)13-11-20(12-14-22)24(28(2,25)26)16-18-7-4-3-5-8-18/h3-10,15,20H,11-14,16H2,1-2H3. The summed E-state index contributed by atoms with van der Waals surface area (Å²) in [5, 5.41) is 9.96. The Balaban J connectivity index is 1.80. The number of rotatable bonds is 6. The van der Waals surface area contributed by atoms with E-state index in [1.54, 1.807) is 11.4 Å². The van der Waals surface area contributed by atoms with Gasteiger partial charge in [-0.05, 0) is 48.9 Å². The maximum absolute atomic E-state index is 12.5. The number of hydrogen-bond donors (Lipinski definition) is 0. The van der Waals surface area contributed by atoms with Crippen molar-refractivity contribution in [2.24, 2.45) is 0 Å². The minimum atomic E-state index is -3.35. The first kappa shape index (κ1) is 20.4. The van der Waals surface area contributed by atoms with Gasteiger partial charge >= 0.3 is 0 Å². The lowest BCUT2D eigenvalue weighted by atomic mass is 9.69. The van der Waals surface area contributed by atoms with E-state index in [9.17, 15) is 13.7 Å². The van der Waals surface area contributed by atoms with Crippen LogP contribution in [0, 0.1) is 11.3 Å². The lowest BCUT2D eigenvalue weighted by molar-refractivity contribution is 0.212. The van der Waals surface area contributed by atoms with Crippen LogP contribution in [0.5, 0.6) is 5.75 Å². The Morgan fingerprint density at radius 3 is 2.39 bits per heavy atom. The molecular weight excluding hydrogens is 372 g/mol. The molecule has 0 spiro atoms. The van der Waals surface area contributed by atoms with Gasteiger partial charge in [-0.1, -0.05) is 42.5 Å². The van der Waals surface area contributed by atoms with Crippen LogP contribution in [0.3, 0.4) is 0 Å². The van der Waals surface area contributed by atoms with E-state index in [0.29, 0.717) is 32.2 Å². The Labute approximate surface area is 167 Å². The first-order chi connectivity index (χ1) is 13.4. The van der Waals surface area contributed by atoms with Crippen molar-refractivity contribution in [3.8, 4) is 11.8 Å². The van der Waals surface area contributed by atoms with E-state index in [1.165, 1.54) is 6.26 Å². The van der Waals surface area contributed by atoms with Gasteiger partial charge in [0.05, 0.1) is 24.8 Å². The molecule has 28 heavy (non-hydrogen) atoms. The summed E-state index contributed by atoms with van der Waals surface area (Å²) in [4.78, 5) is 0. The highest BCUT2D eigenvalue weighted by Crippen LogP contribution is 2.42. The molecule has 2 aromatic rings. The zero-order chi connectivity index (χ0) is 20.2. The normalized spacial score (nSPS) is 22.6. The van der Waals surface area contributed by atoms with Crippen LogP contribution in [0.1, 0.15) is 36.8 Å². The van der Waals surface area contributed by atoms with E-state index in [0.717, 1.165) is 16.9 Å². The molecule has 0 aromatic heterocycles. The van der Waals surface area contributed by atoms with Crippen LogP contribution < -0.4 is 4.74 Å². The zero-order valence-electron chi connectivity index (χ0n) is 16.3. The molecule has 0 aliphatic heterocycles. The van der Waals surface area contributed by atoms with Crippen molar-refractivity contribution >= 4 is 10.0 Å². The van der Waals surface area contributed by atoms with Crippen LogP contribution in [-0.2, 0) is 22.0 Å². The second kappa shape index (κ2) is 8.34. The van der Waals surface area contributed by atoms with Crippen LogP contribution >= 0.6 is 0 Å². The van der Waals surface area contributed by atoms with Crippen LogP contribution in [-0.4, -0.2) is 32.1 Å². The van der Waals surface area contributed by atoms with Crippen molar-refractivity contribution in [2.45, 2.75) is 43.7 Å². The van der Waals surface area contributed by atoms with Crippen LogP contribution in [0.25, 0.3) is 0 Å². The molecule has 3 rings (SSSR count). The lowest BCUT2D eigenvalue weighted by Crippen LogP contribution is -2.44. The molecule has 1 aliphatic rings. The Morgan fingerprint density at radius 2 is 1.82 bits per heavy atom. The highest BCUT2D eigenvalue weighted by atomic mass is 32.2. The third-order valence-electron chi connectivity index (χ3n) is 5.66. The SMILES string of the molecule is COc1cccc(C2(C#N)CCC(N(Cc3ccccc3)S(C)(=O)=O)CC2)c1. The van der Waals surface area contributed by atoms with Crippen molar-refractivity contribution in [3.05, 3.63) is 65.7 Å². The number of hydrogen-bond acceptors (Lipinski definition) is 4. The topological polar surface area (TPSA) is 70.4 Å². The fourth-order valence-corrected chi connectivity index (χ4v) is 5.19. The number of ether oxygens (including phenoxy) is 1. The van der Waals surface area contributed by atoms with Crippen molar-refractivity contribution in [3.63, 3.8) is 0 Å². The molecule has 1 saturated carbocycles. The Morgan fingerprint density at radius 1 is 1.14 bits per heavy atom. The smallest absolute Gasteiger partial charge is 0.211 e. The fourth-order valence-electron chi connectivity index (χ4n) is 4.05. The van der Waals surface area contributed by atoms with Gasteiger partial charge in [0, 0.05) is 12.6 Å². The molecule has 148 valence electrons. The van der Waals surface area contributed by atoms with Gasteiger partial charge in [0.1, 0.15) is 5.75 Å². The molecule has 6 heteroatoms. The van der Waals surface area contributed by atoms with Gasteiger partial charge in [-0.25, -0.2) is 8.42 Å². The van der Waals surface area contributed by atoms with Crippen molar-refractivity contribution in [1.29, 1.82) is 5.26 Å². The molecule has 0 N–H and O–H groups in total. The number of nitriles is 1. The van der Waals surface area contributed by atoms with Gasteiger partial charge in [-0.2, -0.15) is 9.57 Å². The second-order valence-corrected chi connectivity index (χ2v) is 9.39. The van der Waals surface area contributed by atoms with Crippen LogP contribution in [0.4, 0.5) is 0 Å². The average Bonchev–Trinajstić information content (AvgIpc) is 2.72. The largest absolute Gasteiger partial charge is 0.497 e. The van der Waals surface area contributed by atoms with E-state index in [2.05, 4.69) is 6.07 Å². The van der Waals surface area contributed by atoms with Gasteiger partial charge in [0.2, 0.25) is 10.0 Å². The summed E-state index contributed by atoms with van der Waals surface area (Å²) in [6.45, 7) is 0.364. The summed E-state index contributed by atoms with van der Waals surface area (Å²) in [6.07, 6.45) is 3.84. The molecular formula is C22H26N2O3S. The van der Waals surface area contributed by atoms with Crippen LogP contribution in [0.2, 0.25) is 0 Å². The van der Waals surface area contributed by atoms with E-state index < -0.39 is 15.4 Å². The van der Waals surface area contributed by atoms with Gasteiger partial charge in [-0.15, -0.1) is 0 Å². The van der Waals surface area contributed by atoms with Crippen molar-refractivity contribution < 1.29 is 13.2 Å². The summed E-state index contributed by atoms with van der Waals surface area (Å²) in [5.74, 6) is 0.732. The summed E-state index contributed by atoms with van der Waals surface area (Å²) in [7, 11) is -1.74. The number of sulfonamides is 1. The lowest BCUT2D eigenvalue weighted by Gasteiger charge is -2.39. The first-order valence-electron chi connectivity index (χ1n) is 9.44. The highest BCUT2D eigenvalue weighted by molar-refractivity contribution is 7.88. The Hall–Kier alpha value is -2.36. The maximum Gasteiger partial charge on any atom is 0.211 e. The molecule has 0 unspecified atom stereocenters. The number of methoxy groups -OCH3 is 1. The van der Waals surface area contributed by atoms with Gasteiger partial charge in [-0.3, -0.25) is 0 Å². The predicted octanol–water partition coefficient (Wildman–Crippen LogP) is 3.86. The zero-order valence-corrected chi connectivity index (χ0v) is 17.2. The molecule has 0 heterocycles. The molecule has 0 amide bonds. The third kappa shape index (κ3) is 4.37. The van der Waals surface area contributed by atoms with Gasteiger partial charge < -0.3 is 4.74 Å². The quantitative estimate of drug-likeness (QED) is 0.741. The van der Waals surface area contributed by atoms with E-state index in [-0.39, 0.29) is 6.04 Å². The molecule has 1 aliphatic carbocycles. The Bertz CT molecular complexity index is 943. The minimum Gasteiger partial charge on any atom is -0.497 e. The second-order valence-electron chi connectivity index (χ2n) is 7.45. The van der Waals surface area contributed by atoms with E-state index in [1.807, 2.05) is 54.6 Å². The van der Waals surface area contributed by atoms with Crippen molar-refractivity contribution in [2.75, 3.05) is 13.4 Å². The molecule has 0 atom stereocenters. The van der Waals surface area contributed by atoms with Crippen LogP contribution in [0.15, 0.2) is 54.6 Å². The molecule has 1 fully saturated rings. The predicted molar refractivity (Wildman–Crippen MR) is 109 cm³/mol. The maximum atomic E-state index is 12.5. The molecule has 0 bridgehead atoms. The molecule has 2 aromatic carbocycles. The van der Waals surface area contributed by atoms with Crippen molar-refractivity contribution in [1.82, 2.24) is 4.31 Å². The number of benzene rings is 2. The van der Waals surface area contributed by atoms with Gasteiger partial charge in [0.15, 0.2) is 0 Å². The molecule has 0 radical (unpaired) electrons. The fraction of sp³-hybridized carbons (Fsp3) is 0.409. The average molecular weight is 399 g/mol. The third-order valence-corrected chi connectivity index (χ3v) is 6.94. The monoisotopic (exact) mass is 398 g/mol. The Kier molecular flexibility index (Phi) is 6.07.